The summed E-state index contributed by atoms with van der Waals surface area (Å²) < 4.78 is 5.26. The molecule has 4 nitrogen and oxygen atoms in total. The number of benzene rings is 2. The summed E-state index contributed by atoms with van der Waals surface area (Å²) in [7, 11) is 1.63. The highest BCUT2D eigenvalue weighted by Crippen LogP contribution is 2.16. The molecule has 4 heteroatoms. The van der Waals surface area contributed by atoms with Crippen LogP contribution in [0.2, 0.25) is 0 Å². The van der Waals surface area contributed by atoms with Gasteiger partial charge in [0.25, 0.3) is 0 Å². The molecule has 0 heterocycles. The molecule has 0 saturated heterocycles. The molecule has 0 atom stereocenters. The van der Waals surface area contributed by atoms with E-state index in [9.17, 15) is 4.79 Å². The van der Waals surface area contributed by atoms with Gasteiger partial charge in [-0.25, -0.2) is 0 Å². The van der Waals surface area contributed by atoms with Crippen LogP contribution in [0.15, 0.2) is 54.6 Å². The first kappa shape index (κ1) is 16.0. The highest BCUT2D eigenvalue weighted by atomic mass is 16.5. The van der Waals surface area contributed by atoms with Gasteiger partial charge in [-0.05, 0) is 11.6 Å². The van der Waals surface area contributed by atoms with E-state index in [-0.39, 0.29) is 5.91 Å². The zero-order valence-corrected chi connectivity index (χ0v) is 12.8. The molecule has 0 radical (unpaired) electrons. The van der Waals surface area contributed by atoms with Gasteiger partial charge in [0.15, 0.2) is 0 Å². The number of carbonyl (C=O) groups is 1. The smallest absolute Gasteiger partial charge is 0.221 e. The lowest BCUT2D eigenvalue weighted by atomic mass is 10.2. The Morgan fingerprint density at radius 3 is 2.50 bits per heavy atom. The predicted molar refractivity (Wildman–Crippen MR) is 87.6 cm³/mol. The third-order valence-corrected chi connectivity index (χ3v) is 3.37. The van der Waals surface area contributed by atoms with Gasteiger partial charge in [-0.15, -0.1) is 0 Å². The number of hydrogen-bond donors (Lipinski definition) is 2. The van der Waals surface area contributed by atoms with Crippen molar-refractivity contribution >= 4 is 5.91 Å². The number of ether oxygens (including phenoxy) is 1. The van der Waals surface area contributed by atoms with Crippen molar-refractivity contribution in [3.63, 3.8) is 0 Å². The summed E-state index contributed by atoms with van der Waals surface area (Å²) in [5, 5.41) is 6.18. The molecule has 0 aliphatic carbocycles. The van der Waals surface area contributed by atoms with Gasteiger partial charge in [-0.3, -0.25) is 4.79 Å². The summed E-state index contributed by atoms with van der Waals surface area (Å²) in [6.45, 7) is 1.93. The van der Waals surface area contributed by atoms with Gasteiger partial charge >= 0.3 is 0 Å². The minimum absolute atomic E-state index is 0.0338. The van der Waals surface area contributed by atoms with Crippen molar-refractivity contribution in [2.75, 3.05) is 13.7 Å². The Morgan fingerprint density at radius 1 is 1.00 bits per heavy atom. The van der Waals surface area contributed by atoms with Crippen LogP contribution in [0.25, 0.3) is 0 Å². The second kappa shape index (κ2) is 8.85. The Bertz CT molecular complexity index is 585. The highest BCUT2D eigenvalue weighted by Gasteiger charge is 2.04. The molecule has 0 aliphatic heterocycles. The van der Waals surface area contributed by atoms with Crippen LogP contribution in [0.1, 0.15) is 17.5 Å². The molecule has 2 aromatic rings. The number of rotatable bonds is 8. The minimum Gasteiger partial charge on any atom is -0.496 e. The number of methoxy groups -OCH3 is 1. The van der Waals surface area contributed by atoms with Gasteiger partial charge in [0.2, 0.25) is 5.91 Å². The average molecular weight is 298 g/mol. The van der Waals surface area contributed by atoms with Crippen LogP contribution in [0.3, 0.4) is 0 Å². The zero-order chi connectivity index (χ0) is 15.6. The number of nitrogens with one attached hydrogen (secondary N) is 2. The lowest BCUT2D eigenvalue weighted by Gasteiger charge is -2.10. The summed E-state index contributed by atoms with van der Waals surface area (Å²) in [6.07, 6.45) is 0.460. The molecule has 22 heavy (non-hydrogen) atoms. The van der Waals surface area contributed by atoms with Crippen molar-refractivity contribution in [1.82, 2.24) is 10.6 Å². The second-order valence-corrected chi connectivity index (χ2v) is 5.00. The fraction of sp³-hybridized carbons (Fsp3) is 0.278. The van der Waals surface area contributed by atoms with Gasteiger partial charge in [0.1, 0.15) is 5.75 Å². The Kier molecular flexibility index (Phi) is 6.45. The molecule has 0 fully saturated rings. The van der Waals surface area contributed by atoms with Gasteiger partial charge < -0.3 is 15.4 Å². The molecule has 116 valence electrons. The largest absolute Gasteiger partial charge is 0.496 e. The van der Waals surface area contributed by atoms with Crippen LogP contribution in [0.5, 0.6) is 5.75 Å². The van der Waals surface area contributed by atoms with Gasteiger partial charge in [0, 0.05) is 31.6 Å². The van der Waals surface area contributed by atoms with E-state index in [1.807, 2.05) is 42.5 Å². The van der Waals surface area contributed by atoms with E-state index in [4.69, 9.17) is 4.74 Å². The van der Waals surface area contributed by atoms with E-state index in [0.717, 1.165) is 17.9 Å². The minimum atomic E-state index is 0.0338. The second-order valence-electron chi connectivity index (χ2n) is 5.00. The monoisotopic (exact) mass is 298 g/mol. The molecule has 2 aromatic carbocycles. The lowest BCUT2D eigenvalue weighted by Crippen LogP contribution is -2.27. The first-order chi connectivity index (χ1) is 10.8. The lowest BCUT2D eigenvalue weighted by molar-refractivity contribution is -0.121. The molecular weight excluding hydrogens is 276 g/mol. The number of carbonyl (C=O) groups excluding carboxylic acids is 1. The Hall–Kier alpha value is -2.33. The molecule has 2 rings (SSSR count). The molecule has 2 N–H and O–H groups in total. The highest BCUT2D eigenvalue weighted by molar-refractivity contribution is 5.76. The third-order valence-electron chi connectivity index (χ3n) is 3.37. The standard InChI is InChI=1S/C18H22N2O2/c1-22-17-10-6-5-9-16(17)14-20-18(21)11-12-19-13-15-7-3-2-4-8-15/h2-10,19H,11-14H2,1H3,(H,20,21). The van der Waals surface area contributed by atoms with Crippen molar-refractivity contribution < 1.29 is 9.53 Å². The number of amides is 1. The van der Waals surface area contributed by atoms with Gasteiger partial charge in [-0.2, -0.15) is 0 Å². The van der Waals surface area contributed by atoms with E-state index in [1.165, 1.54) is 5.56 Å². The summed E-state index contributed by atoms with van der Waals surface area (Å²) in [6, 6.07) is 17.8. The predicted octanol–water partition coefficient (Wildman–Crippen LogP) is 2.49. The molecular formula is C18H22N2O2. The fourth-order valence-corrected chi connectivity index (χ4v) is 2.16. The zero-order valence-electron chi connectivity index (χ0n) is 12.8. The summed E-state index contributed by atoms with van der Waals surface area (Å²) in [5.41, 5.74) is 2.20. The molecule has 0 aromatic heterocycles. The van der Waals surface area contributed by atoms with Crippen molar-refractivity contribution in [2.45, 2.75) is 19.5 Å². The van der Waals surface area contributed by atoms with E-state index in [1.54, 1.807) is 7.11 Å². The van der Waals surface area contributed by atoms with E-state index in [2.05, 4.69) is 22.8 Å². The number of hydrogen-bond acceptors (Lipinski definition) is 3. The van der Waals surface area contributed by atoms with Crippen LogP contribution >= 0.6 is 0 Å². The third kappa shape index (κ3) is 5.22. The fourth-order valence-electron chi connectivity index (χ4n) is 2.16. The van der Waals surface area contributed by atoms with E-state index >= 15 is 0 Å². The normalized spacial score (nSPS) is 10.2. The van der Waals surface area contributed by atoms with Crippen molar-refractivity contribution in [1.29, 1.82) is 0 Å². The summed E-state index contributed by atoms with van der Waals surface area (Å²) >= 11 is 0. The number of para-hydroxylation sites is 1. The average Bonchev–Trinajstić information content (AvgIpc) is 2.58. The van der Waals surface area contributed by atoms with Gasteiger partial charge in [0.05, 0.1) is 7.11 Å². The Labute approximate surface area is 131 Å². The van der Waals surface area contributed by atoms with Gasteiger partial charge in [-0.1, -0.05) is 48.5 Å². The first-order valence-electron chi connectivity index (χ1n) is 7.43. The van der Waals surface area contributed by atoms with Crippen molar-refractivity contribution in [3.05, 3.63) is 65.7 Å². The van der Waals surface area contributed by atoms with Crippen LogP contribution < -0.4 is 15.4 Å². The van der Waals surface area contributed by atoms with Crippen molar-refractivity contribution in [3.8, 4) is 5.75 Å². The SMILES string of the molecule is COc1ccccc1CNC(=O)CCNCc1ccccc1. The molecule has 1 amide bonds. The molecule has 0 spiro atoms. The van der Waals surface area contributed by atoms with Crippen LogP contribution in [0, 0.1) is 0 Å². The Morgan fingerprint density at radius 2 is 1.73 bits per heavy atom. The first-order valence-corrected chi connectivity index (χ1v) is 7.43. The molecule has 0 aliphatic rings. The Balaban J connectivity index is 1.66. The molecule has 0 unspecified atom stereocenters. The van der Waals surface area contributed by atoms with Crippen molar-refractivity contribution in [2.24, 2.45) is 0 Å². The maximum atomic E-state index is 11.8. The quantitative estimate of drug-likeness (QED) is 0.736. The maximum Gasteiger partial charge on any atom is 0.221 e. The van der Waals surface area contributed by atoms with Crippen LogP contribution in [0.4, 0.5) is 0 Å². The van der Waals surface area contributed by atoms with Crippen LogP contribution in [-0.4, -0.2) is 19.6 Å². The topological polar surface area (TPSA) is 50.4 Å². The summed E-state index contributed by atoms with van der Waals surface area (Å²) in [5.74, 6) is 0.830. The summed E-state index contributed by atoms with van der Waals surface area (Å²) in [4.78, 5) is 11.8. The van der Waals surface area contributed by atoms with Crippen LogP contribution in [-0.2, 0) is 17.9 Å². The molecule has 0 bridgehead atoms. The van der Waals surface area contributed by atoms with E-state index < -0.39 is 0 Å². The molecule has 0 saturated carbocycles. The maximum absolute atomic E-state index is 11.8. The van der Waals surface area contributed by atoms with E-state index in [0.29, 0.717) is 19.5 Å².